The van der Waals surface area contributed by atoms with Crippen molar-refractivity contribution in [3.8, 4) is 0 Å². The Hall–Kier alpha value is -2.12. The number of benzene rings is 1. The van der Waals surface area contributed by atoms with Gasteiger partial charge in [-0.05, 0) is 26.0 Å². The summed E-state index contributed by atoms with van der Waals surface area (Å²) in [6.07, 6.45) is 4.36. The van der Waals surface area contributed by atoms with Gasteiger partial charge < -0.3 is 4.42 Å². The Kier molecular flexibility index (Phi) is 5.55. The van der Waals surface area contributed by atoms with Crippen molar-refractivity contribution in [1.29, 1.82) is 0 Å². The third kappa shape index (κ3) is 4.70. The first-order valence-corrected chi connectivity index (χ1v) is 9.75. The molecule has 0 aliphatic rings. The van der Waals surface area contributed by atoms with Gasteiger partial charge in [0, 0.05) is 12.0 Å². The first kappa shape index (κ1) is 17.7. The Morgan fingerprint density at radius 1 is 1.20 bits per heavy atom. The molecule has 25 heavy (non-hydrogen) atoms. The molecule has 1 amide bonds. The van der Waals surface area contributed by atoms with Crippen molar-refractivity contribution in [3.63, 3.8) is 0 Å². The number of anilines is 1. The number of aryl methyl sites for hydroxylation is 3. The lowest BCUT2D eigenvalue weighted by molar-refractivity contribution is 0.102. The number of aromatic nitrogens is 2. The Morgan fingerprint density at radius 3 is 2.64 bits per heavy atom. The molecule has 2 aromatic heterocycles. The number of nitrogens with zero attached hydrogens (tertiary/aromatic N) is 2. The van der Waals surface area contributed by atoms with Crippen LogP contribution in [0.3, 0.4) is 0 Å². The third-order valence-corrected chi connectivity index (χ3v) is 5.57. The van der Waals surface area contributed by atoms with Crippen LogP contribution in [-0.4, -0.2) is 15.9 Å². The number of rotatable bonds is 6. The summed E-state index contributed by atoms with van der Waals surface area (Å²) in [4.78, 5) is 20.9. The van der Waals surface area contributed by atoms with E-state index in [0.29, 0.717) is 22.3 Å². The number of thioether (sulfide) groups is 1. The molecule has 0 saturated heterocycles. The van der Waals surface area contributed by atoms with Gasteiger partial charge in [0.25, 0.3) is 5.91 Å². The molecule has 0 saturated carbocycles. The summed E-state index contributed by atoms with van der Waals surface area (Å²) in [6.45, 7) is 5.99. The lowest BCUT2D eigenvalue weighted by Crippen LogP contribution is -2.12. The molecule has 1 aromatic carbocycles. The number of carbonyl (C=O) groups excluding carboxylic acids is 1. The van der Waals surface area contributed by atoms with Gasteiger partial charge in [-0.3, -0.25) is 10.1 Å². The first-order chi connectivity index (χ1) is 12.0. The summed E-state index contributed by atoms with van der Waals surface area (Å²) in [5.74, 6) is 2.10. The quantitative estimate of drug-likeness (QED) is 0.625. The van der Waals surface area contributed by atoms with E-state index in [-0.39, 0.29) is 5.91 Å². The van der Waals surface area contributed by atoms with Crippen LogP contribution in [0.4, 0.5) is 5.13 Å². The molecular formula is C18H19N3O2S2. The number of nitrogens with one attached hydrogen (secondary N) is 1. The topological polar surface area (TPSA) is 68.0 Å². The molecule has 0 aliphatic heterocycles. The molecule has 1 N–H and O–H groups in total. The zero-order chi connectivity index (χ0) is 17.8. The van der Waals surface area contributed by atoms with Gasteiger partial charge in [-0.25, -0.2) is 9.97 Å². The summed E-state index contributed by atoms with van der Waals surface area (Å²) < 4.78 is 6.60. The van der Waals surface area contributed by atoms with Crippen LogP contribution in [0.5, 0.6) is 0 Å². The van der Waals surface area contributed by atoms with E-state index in [2.05, 4.69) is 15.3 Å². The zero-order valence-electron chi connectivity index (χ0n) is 14.3. The van der Waals surface area contributed by atoms with E-state index >= 15 is 0 Å². The van der Waals surface area contributed by atoms with E-state index in [4.69, 9.17) is 4.42 Å². The SMILES string of the molecule is CCc1cnc(CSc2cnc(NC(=O)c3cc(C)cc(C)c3)s2)o1. The fourth-order valence-electron chi connectivity index (χ4n) is 2.37. The molecule has 0 unspecified atom stereocenters. The van der Waals surface area contributed by atoms with Crippen LogP contribution in [0.2, 0.25) is 0 Å². The van der Waals surface area contributed by atoms with Gasteiger partial charge in [-0.1, -0.05) is 35.5 Å². The van der Waals surface area contributed by atoms with Crippen molar-refractivity contribution in [3.05, 3.63) is 58.9 Å². The molecular weight excluding hydrogens is 354 g/mol. The second kappa shape index (κ2) is 7.84. The summed E-state index contributed by atoms with van der Waals surface area (Å²) in [6, 6.07) is 5.79. The van der Waals surface area contributed by atoms with Gasteiger partial charge >= 0.3 is 0 Å². The van der Waals surface area contributed by atoms with Crippen LogP contribution in [0.1, 0.15) is 40.1 Å². The minimum absolute atomic E-state index is 0.141. The zero-order valence-corrected chi connectivity index (χ0v) is 16.0. The lowest BCUT2D eigenvalue weighted by atomic mass is 10.1. The monoisotopic (exact) mass is 373 g/mol. The molecule has 0 spiro atoms. The molecule has 7 heteroatoms. The number of hydrogen-bond acceptors (Lipinski definition) is 6. The number of thiazole rings is 1. The van der Waals surface area contributed by atoms with E-state index in [1.807, 2.05) is 39.0 Å². The van der Waals surface area contributed by atoms with Crippen molar-refractivity contribution in [2.75, 3.05) is 5.32 Å². The van der Waals surface area contributed by atoms with Crippen molar-refractivity contribution in [2.24, 2.45) is 0 Å². The molecule has 5 nitrogen and oxygen atoms in total. The van der Waals surface area contributed by atoms with Crippen LogP contribution in [0.15, 0.2) is 39.2 Å². The molecule has 0 fully saturated rings. The highest BCUT2D eigenvalue weighted by molar-refractivity contribution is 8.00. The van der Waals surface area contributed by atoms with E-state index in [1.54, 1.807) is 24.2 Å². The number of amides is 1. The predicted molar refractivity (Wildman–Crippen MR) is 101 cm³/mol. The molecule has 3 rings (SSSR count). The lowest BCUT2D eigenvalue weighted by Gasteiger charge is -2.04. The second-order valence-electron chi connectivity index (χ2n) is 5.68. The highest BCUT2D eigenvalue weighted by Gasteiger charge is 2.11. The van der Waals surface area contributed by atoms with Crippen molar-refractivity contribution in [2.45, 2.75) is 37.2 Å². The van der Waals surface area contributed by atoms with Crippen molar-refractivity contribution < 1.29 is 9.21 Å². The standard InChI is InChI=1S/C18H19N3O2S2/c1-4-14-8-19-15(23-14)10-24-16-9-20-18(25-16)21-17(22)13-6-11(2)5-12(3)7-13/h5-9H,4,10H2,1-3H3,(H,20,21,22). The van der Waals surface area contributed by atoms with Crippen LogP contribution in [-0.2, 0) is 12.2 Å². The summed E-state index contributed by atoms with van der Waals surface area (Å²) in [5.41, 5.74) is 2.78. The average Bonchev–Trinajstić information content (AvgIpc) is 3.21. The van der Waals surface area contributed by atoms with E-state index < -0.39 is 0 Å². The van der Waals surface area contributed by atoms with Crippen LogP contribution >= 0.6 is 23.1 Å². The average molecular weight is 374 g/mol. The molecule has 130 valence electrons. The van der Waals surface area contributed by atoms with Gasteiger partial charge in [0.1, 0.15) is 5.76 Å². The van der Waals surface area contributed by atoms with E-state index in [1.165, 1.54) is 11.3 Å². The summed E-state index contributed by atoms with van der Waals surface area (Å²) in [7, 11) is 0. The fourth-order valence-corrected chi connectivity index (χ4v) is 4.09. The fraction of sp³-hybridized carbons (Fsp3) is 0.278. The highest BCUT2D eigenvalue weighted by Crippen LogP contribution is 2.30. The minimum atomic E-state index is -0.141. The molecule has 0 radical (unpaired) electrons. The Morgan fingerprint density at radius 2 is 1.96 bits per heavy atom. The largest absolute Gasteiger partial charge is 0.445 e. The number of oxazole rings is 1. The molecule has 0 atom stereocenters. The van der Waals surface area contributed by atoms with Crippen LogP contribution in [0, 0.1) is 13.8 Å². The Labute approximate surface area is 154 Å². The Balaban J connectivity index is 1.60. The van der Waals surface area contributed by atoms with Gasteiger partial charge in [0.15, 0.2) is 5.13 Å². The summed E-state index contributed by atoms with van der Waals surface area (Å²) >= 11 is 3.04. The van der Waals surface area contributed by atoms with E-state index in [0.717, 1.165) is 27.5 Å². The van der Waals surface area contributed by atoms with Crippen LogP contribution < -0.4 is 5.32 Å². The second-order valence-corrected chi connectivity index (χ2v) is 7.98. The molecule has 2 heterocycles. The maximum Gasteiger partial charge on any atom is 0.257 e. The van der Waals surface area contributed by atoms with Crippen molar-refractivity contribution in [1.82, 2.24) is 9.97 Å². The number of carbonyl (C=O) groups is 1. The maximum atomic E-state index is 12.4. The van der Waals surface area contributed by atoms with Crippen LogP contribution in [0.25, 0.3) is 0 Å². The Bertz CT molecular complexity index is 866. The normalized spacial score (nSPS) is 10.8. The van der Waals surface area contributed by atoms with Gasteiger partial charge in [-0.15, -0.1) is 11.8 Å². The molecule has 0 aliphatic carbocycles. The highest BCUT2D eigenvalue weighted by atomic mass is 32.2. The summed E-state index contributed by atoms with van der Waals surface area (Å²) in [5, 5.41) is 3.45. The molecule has 3 aromatic rings. The number of hydrogen-bond donors (Lipinski definition) is 1. The van der Waals surface area contributed by atoms with Gasteiger partial charge in [0.05, 0.1) is 22.4 Å². The van der Waals surface area contributed by atoms with Crippen molar-refractivity contribution >= 4 is 34.1 Å². The molecule has 0 bridgehead atoms. The smallest absolute Gasteiger partial charge is 0.257 e. The third-order valence-electron chi connectivity index (χ3n) is 3.48. The minimum Gasteiger partial charge on any atom is -0.445 e. The van der Waals surface area contributed by atoms with E-state index in [9.17, 15) is 4.79 Å². The maximum absolute atomic E-state index is 12.4. The predicted octanol–water partition coefficient (Wildman–Crippen LogP) is 4.85. The van der Waals surface area contributed by atoms with Gasteiger partial charge in [-0.2, -0.15) is 0 Å². The van der Waals surface area contributed by atoms with Gasteiger partial charge in [0.2, 0.25) is 5.89 Å². The first-order valence-electron chi connectivity index (χ1n) is 7.95.